The first-order chi connectivity index (χ1) is 31.7. The zero-order valence-electron chi connectivity index (χ0n) is 34.7. The lowest BCUT2D eigenvalue weighted by Gasteiger charge is -2.27. The molecule has 13 aromatic rings. The van der Waals surface area contributed by atoms with E-state index in [1.165, 1.54) is 21.8 Å². The largest absolute Gasteiger partial charge is 0.456 e. The molecule has 4 nitrogen and oxygen atoms in total. The number of furan rings is 2. The van der Waals surface area contributed by atoms with Crippen LogP contribution in [-0.4, -0.2) is 4.57 Å². The summed E-state index contributed by atoms with van der Waals surface area (Å²) in [6.45, 7) is 0. The van der Waals surface area contributed by atoms with Gasteiger partial charge in [0.05, 0.1) is 22.1 Å². The van der Waals surface area contributed by atoms with Crippen LogP contribution in [0, 0.1) is 0 Å². The van der Waals surface area contributed by atoms with Crippen LogP contribution < -0.4 is 4.90 Å². The molecule has 0 aliphatic rings. The first kappa shape index (κ1) is 36.1. The Balaban J connectivity index is 1.01. The van der Waals surface area contributed by atoms with Crippen LogP contribution in [0.2, 0.25) is 0 Å². The maximum atomic E-state index is 6.97. The Morgan fingerprint density at radius 2 is 0.922 bits per heavy atom. The fourth-order valence-electron chi connectivity index (χ4n) is 9.93. The normalized spacial score (nSPS) is 11.8. The average Bonchev–Trinajstić information content (AvgIpc) is 4.05. The summed E-state index contributed by atoms with van der Waals surface area (Å²) >= 11 is 0. The van der Waals surface area contributed by atoms with Crippen LogP contribution in [0.3, 0.4) is 0 Å². The van der Waals surface area contributed by atoms with E-state index in [0.717, 1.165) is 100 Å². The topological polar surface area (TPSA) is 34.5 Å². The number of benzene rings is 10. The van der Waals surface area contributed by atoms with Gasteiger partial charge in [0.15, 0.2) is 0 Å². The number of rotatable bonds is 7. The van der Waals surface area contributed by atoms with E-state index < -0.39 is 0 Å². The summed E-state index contributed by atoms with van der Waals surface area (Å²) < 4.78 is 15.6. The van der Waals surface area contributed by atoms with E-state index in [1.807, 2.05) is 12.1 Å². The van der Waals surface area contributed by atoms with E-state index in [4.69, 9.17) is 8.83 Å². The van der Waals surface area contributed by atoms with E-state index in [0.29, 0.717) is 0 Å². The van der Waals surface area contributed by atoms with Crippen molar-refractivity contribution in [2.75, 3.05) is 4.90 Å². The second-order valence-corrected chi connectivity index (χ2v) is 16.4. The molecule has 0 saturated carbocycles. The Morgan fingerprint density at radius 3 is 1.69 bits per heavy atom. The van der Waals surface area contributed by atoms with Crippen LogP contribution in [0.5, 0.6) is 0 Å². The van der Waals surface area contributed by atoms with Crippen LogP contribution in [0.4, 0.5) is 17.1 Å². The first-order valence-electron chi connectivity index (χ1n) is 21.7. The van der Waals surface area contributed by atoms with Gasteiger partial charge in [0.2, 0.25) is 0 Å². The Bertz CT molecular complexity index is 3860. The zero-order chi connectivity index (χ0) is 42.1. The highest BCUT2D eigenvalue weighted by Gasteiger charge is 2.23. The van der Waals surface area contributed by atoms with E-state index in [-0.39, 0.29) is 0 Å². The predicted molar refractivity (Wildman–Crippen MR) is 266 cm³/mol. The number of aromatic nitrogens is 1. The Morgan fingerprint density at radius 1 is 0.328 bits per heavy atom. The highest BCUT2D eigenvalue weighted by Crippen LogP contribution is 2.47. The lowest BCUT2D eigenvalue weighted by molar-refractivity contribution is 0.669. The van der Waals surface area contributed by atoms with Crippen LogP contribution in [0.25, 0.3) is 105 Å². The summed E-state index contributed by atoms with van der Waals surface area (Å²) in [7, 11) is 0. The molecule has 0 aliphatic carbocycles. The van der Waals surface area contributed by atoms with E-state index in [9.17, 15) is 0 Å². The minimum Gasteiger partial charge on any atom is -0.456 e. The molecule has 13 rings (SSSR count). The highest BCUT2D eigenvalue weighted by atomic mass is 16.3. The number of para-hydroxylation sites is 4. The first-order valence-corrected chi connectivity index (χ1v) is 21.7. The molecule has 0 fully saturated rings. The summed E-state index contributed by atoms with van der Waals surface area (Å²) in [6, 6.07) is 82.1. The molecule has 0 radical (unpaired) electrons. The van der Waals surface area contributed by atoms with Crippen LogP contribution in [0.15, 0.2) is 239 Å². The second kappa shape index (κ2) is 14.5. The Hall–Kier alpha value is -8.60. The number of hydrogen-bond acceptors (Lipinski definition) is 3. The minimum atomic E-state index is 0.845. The molecule has 4 heteroatoms. The third-order valence-electron chi connectivity index (χ3n) is 12.8. The standard InChI is InChI=1S/C60H38N2O2/c1-2-15-39(16-3-1)41-17-12-19-44(37-41)61(43-33-31-40(32-34-43)46-25-14-30-57-58(46)50-23-6-10-28-55(50)63-57)54-36-35-47(60-59(54)51-24-7-11-29-56(51)64-60)42-18-13-20-45(38-42)62-52-26-8-4-21-48(52)49-22-5-9-27-53(49)62/h1-38H. The molecule has 10 aromatic carbocycles. The summed E-state index contributed by atoms with van der Waals surface area (Å²) in [5.74, 6) is 0. The highest BCUT2D eigenvalue weighted by molar-refractivity contribution is 6.18. The van der Waals surface area contributed by atoms with Crippen LogP contribution in [0.1, 0.15) is 0 Å². The van der Waals surface area contributed by atoms with E-state index in [2.05, 4.69) is 228 Å². The van der Waals surface area contributed by atoms with Gasteiger partial charge in [-0.15, -0.1) is 0 Å². The van der Waals surface area contributed by atoms with Gasteiger partial charge in [-0.2, -0.15) is 0 Å². The maximum Gasteiger partial charge on any atom is 0.145 e. The lowest BCUT2D eigenvalue weighted by atomic mass is 9.97. The van der Waals surface area contributed by atoms with Crippen molar-refractivity contribution in [2.24, 2.45) is 0 Å². The SMILES string of the molecule is c1ccc(-c2cccc(N(c3ccc(-c4cccc5oc6ccccc6c45)cc3)c3ccc(-c4cccc(-n5c6ccccc6c6ccccc65)c4)c4oc5ccccc5c34)c2)cc1. The van der Waals surface area contributed by atoms with Gasteiger partial charge in [-0.25, -0.2) is 0 Å². The molecular formula is C60H38N2O2. The monoisotopic (exact) mass is 818 g/mol. The number of hydrogen-bond donors (Lipinski definition) is 0. The molecule has 0 spiro atoms. The Kier molecular flexibility index (Phi) is 8.18. The summed E-state index contributed by atoms with van der Waals surface area (Å²) in [5, 5.41) is 6.84. The molecule has 0 unspecified atom stereocenters. The number of nitrogens with zero attached hydrogens (tertiary/aromatic N) is 2. The molecule has 0 N–H and O–H groups in total. The van der Waals surface area contributed by atoms with Gasteiger partial charge in [-0.3, -0.25) is 0 Å². The third kappa shape index (κ3) is 5.70. The van der Waals surface area contributed by atoms with Gasteiger partial charge in [-0.05, 0) is 107 Å². The molecule has 64 heavy (non-hydrogen) atoms. The van der Waals surface area contributed by atoms with E-state index in [1.54, 1.807) is 0 Å². The molecular weight excluding hydrogens is 781 g/mol. The zero-order valence-corrected chi connectivity index (χ0v) is 34.7. The molecule has 3 heterocycles. The minimum absolute atomic E-state index is 0.845. The molecule has 0 atom stereocenters. The summed E-state index contributed by atoms with van der Waals surface area (Å²) in [5.41, 5.74) is 16.7. The molecule has 0 bridgehead atoms. The molecule has 300 valence electrons. The molecule has 3 aromatic heterocycles. The third-order valence-corrected chi connectivity index (χ3v) is 12.8. The summed E-state index contributed by atoms with van der Waals surface area (Å²) in [4.78, 5) is 2.38. The lowest BCUT2D eigenvalue weighted by Crippen LogP contribution is -2.10. The smallest absolute Gasteiger partial charge is 0.145 e. The van der Waals surface area contributed by atoms with Gasteiger partial charge in [-0.1, -0.05) is 152 Å². The van der Waals surface area contributed by atoms with Crippen molar-refractivity contribution in [3.05, 3.63) is 231 Å². The van der Waals surface area contributed by atoms with Gasteiger partial charge in [0.1, 0.15) is 22.3 Å². The quantitative estimate of drug-likeness (QED) is 0.161. The van der Waals surface area contributed by atoms with Gasteiger partial charge in [0.25, 0.3) is 0 Å². The summed E-state index contributed by atoms with van der Waals surface area (Å²) in [6.07, 6.45) is 0. The molecule has 0 aliphatic heterocycles. The van der Waals surface area contributed by atoms with Crippen molar-refractivity contribution in [2.45, 2.75) is 0 Å². The van der Waals surface area contributed by atoms with Gasteiger partial charge in [0, 0.05) is 49.6 Å². The maximum absolute atomic E-state index is 6.97. The predicted octanol–water partition coefficient (Wildman–Crippen LogP) is 17.1. The van der Waals surface area contributed by atoms with Crippen molar-refractivity contribution in [3.63, 3.8) is 0 Å². The fourth-order valence-corrected chi connectivity index (χ4v) is 9.93. The van der Waals surface area contributed by atoms with Crippen molar-refractivity contribution < 1.29 is 8.83 Å². The molecule has 0 amide bonds. The van der Waals surface area contributed by atoms with E-state index >= 15 is 0 Å². The van der Waals surface area contributed by atoms with Gasteiger partial charge < -0.3 is 18.3 Å². The number of anilines is 3. The molecule has 0 saturated heterocycles. The van der Waals surface area contributed by atoms with Crippen molar-refractivity contribution in [3.8, 4) is 39.1 Å². The fraction of sp³-hybridized carbons (Fsp3) is 0. The number of fused-ring (bicyclic) bond motifs is 9. The van der Waals surface area contributed by atoms with Crippen LogP contribution >= 0.6 is 0 Å². The average molecular weight is 819 g/mol. The van der Waals surface area contributed by atoms with Gasteiger partial charge >= 0.3 is 0 Å². The second-order valence-electron chi connectivity index (χ2n) is 16.4. The Labute approximate surface area is 369 Å². The van der Waals surface area contributed by atoms with Crippen LogP contribution in [-0.2, 0) is 0 Å². The van der Waals surface area contributed by atoms with Crippen molar-refractivity contribution in [1.29, 1.82) is 0 Å². The van der Waals surface area contributed by atoms with Crippen molar-refractivity contribution in [1.82, 2.24) is 4.57 Å². The van der Waals surface area contributed by atoms with Crippen molar-refractivity contribution >= 4 is 82.7 Å².